The Bertz CT molecular complexity index is 1300. The number of aryl methyl sites for hydroxylation is 1. The zero-order valence-electron chi connectivity index (χ0n) is 16.4. The molecule has 150 valence electrons. The SMILES string of the molecule is CN1C(=O)Cc2cccc(Oc3ccc(Nc4ncnc5ccn(C)c45)cc3Cl)c21. The Kier molecular flexibility index (Phi) is 4.33. The van der Waals surface area contributed by atoms with Crippen LogP contribution in [0.5, 0.6) is 11.5 Å². The Morgan fingerprint density at radius 2 is 1.97 bits per heavy atom. The Morgan fingerprint density at radius 1 is 1.10 bits per heavy atom. The molecular formula is C22H18ClN5O2. The molecule has 7 nitrogen and oxygen atoms in total. The van der Waals surface area contributed by atoms with E-state index in [1.165, 1.54) is 6.33 Å². The van der Waals surface area contributed by atoms with E-state index in [1.807, 2.05) is 48.1 Å². The number of hydrogen-bond acceptors (Lipinski definition) is 5. The number of amides is 1. The maximum absolute atomic E-state index is 12.0. The minimum atomic E-state index is 0.0449. The van der Waals surface area contributed by atoms with Crippen LogP contribution in [0.3, 0.4) is 0 Å². The van der Waals surface area contributed by atoms with E-state index in [9.17, 15) is 4.79 Å². The number of rotatable bonds is 4. The van der Waals surface area contributed by atoms with Gasteiger partial charge in [0.15, 0.2) is 11.6 Å². The maximum Gasteiger partial charge on any atom is 0.231 e. The first-order valence-corrected chi connectivity index (χ1v) is 9.78. The Balaban J connectivity index is 1.43. The molecule has 2 aromatic carbocycles. The van der Waals surface area contributed by atoms with Crippen molar-refractivity contribution in [1.29, 1.82) is 0 Å². The molecule has 5 rings (SSSR count). The molecule has 3 heterocycles. The lowest BCUT2D eigenvalue weighted by Crippen LogP contribution is -2.21. The highest BCUT2D eigenvalue weighted by atomic mass is 35.5. The molecule has 8 heteroatoms. The van der Waals surface area contributed by atoms with E-state index in [0.717, 1.165) is 28.0 Å². The highest BCUT2D eigenvalue weighted by Crippen LogP contribution is 2.41. The van der Waals surface area contributed by atoms with Gasteiger partial charge in [-0.15, -0.1) is 0 Å². The van der Waals surface area contributed by atoms with Crippen molar-refractivity contribution in [3.63, 3.8) is 0 Å². The fourth-order valence-corrected chi connectivity index (χ4v) is 3.93. The number of nitrogens with zero attached hydrogens (tertiary/aromatic N) is 4. The number of aromatic nitrogens is 3. The molecule has 0 bridgehead atoms. The summed E-state index contributed by atoms with van der Waals surface area (Å²) in [5, 5.41) is 3.74. The van der Waals surface area contributed by atoms with Crippen LogP contribution in [0.2, 0.25) is 5.02 Å². The van der Waals surface area contributed by atoms with Gasteiger partial charge in [0.1, 0.15) is 17.6 Å². The number of nitrogens with one attached hydrogen (secondary N) is 1. The Hall–Kier alpha value is -3.58. The fourth-order valence-electron chi connectivity index (χ4n) is 3.71. The number of benzene rings is 2. The van der Waals surface area contributed by atoms with Crippen molar-refractivity contribution in [3.05, 3.63) is 65.6 Å². The quantitative estimate of drug-likeness (QED) is 0.520. The average Bonchev–Trinajstić information content (AvgIpc) is 3.25. The molecule has 0 radical (unpaired) electrons. The van der Waals surface area contributed by atoms with Crippen molar-refractivity contribution >= 4 is 45.7 Å². The lowest BCUT2D eigenvalue weighted by molar-refractivity contribution is -0.117. The maximum atomic E-state index is 12.0. The van der Waals surface area contributed by atoms with Crippen molar-refractivity contribution in [2.75, 3.05) is 17.3 Å². The Labute approximate surface area is 177 Å². The number of carbonyl (C=O) groups is 1. The highest BCUT2D eigenvalue weighted by molar-refractivity contribution is 6.32. The summed E-state index contributed by atoms with van der Waals surface area (Å²) < 4.78 is 8.03. The van der Waals surface area contributed by atoms with Crippen LogP contribution < -0.4 is 15.0 Å². The van der Waals surface area contributed by atoms with Crippen LogP contribution in [0.25, 0.3) is 11.0 Å². The van der Waals surface area contributed by atoms with Gasteiger partial charge in [-0.05, 0) is 35.9 Å². The van der Waals surface area contributed by atoms with E-state index >= 15 is 0 Å². The van der Waals surface area contributed by atoms with Crippen LogP contribution in [0.15, 0.2) is 55.0 Å². The summed E-state index contributed by atoms with van der Waals surface area (Å²) >= 11 is 6.51. The molecule has 0 spiro atoms. The van der Waals surface area contributed by atoms with Gasteiger partial charge < -0.3 is 19.5 Å². The largest absolute Gasteiger partial charge is 0.454 e. The first-order valence-electron chi connectivity index (χ1n) is 9.40. The summed E-state index contributed by atoms with van der Waals surface area (Å²) in [7, 11) is 3.70. The molecule has 1 N–H and O–H groups in total. The van der Waals surface area contributed by atoms with Crippen molar-refractivity contribution in [1.82, 2.24) is 14.5 Å². The first kappa shape index (κ1) is 18.4. The Morgan fingerprint density at radius 3 is 2.80 bits per heavy atom. The van der Waals surface area contributed by atoms with E-state index in [-0.39, 0.29) is 5.91 Å². The average molecular weight is 420 g/mol. The number of ether oxygens (including phenoxy) is 1. The minimum Gasteiger partial charge on any atom is -0.454 e. The van der Waals surface area contributed by atoms with E-state index in [4.69, 9.17) is 16.3 Å². The number of likely N-dealkylation sites (N-methyl/N-ethyl adjacent to an activating group) is 1. The van der Waals surface area contributed by atoms with Gasteiger partial charge in [-0.2, -0.15) is 0 Å². The molecule has 30 heavy (non-hydrogen) atoms. The van der Waals surface area contributed by atoms with E-state index in [1.54, 1.807) is 24.1 Å². The minimum absolute atomic E-state index is 0.0449. The van der Waals surface area contributed by atoms with Gasteiger partial charge in [0.25, 0.3) is 0 Å². The zero-order chi connectivity index (χ0) is 20.8. The van der Waals surface area contributed by atoms with Crippen LogP contribution in [-0.2, 0) is 18.3 Å². The molecule has 0 saturated heterocycles. The molecule has 1 aliphatic rings. The van der Waals surface area contributed by atoms with Crippen LogP contribution >= 0.6 is 11.6 Å². The second-order valence-electron chi connectivity index (χ2n) is 7.15. The fraction of sp³-hybridized carbons (Fsp3) is 0.136. The molecular weight excluding hydrogens is 402 g/mol. The number of anilines is 3. The van der Waals surface area contributed by atoms with Gasteiger partial charge in [-0.3, -0.25) is 4.79 Å². The summed E-state index contributed by atoms with van der Waals surface area (Å²) in [5.74, 6) is 1.85. The summed E-state index contributed by atoms with van der Waals surface area (Å²) in [4.78, 5) is 22.3. The molecule has 1 amide bonds. The third-order valence-corrected chi connectivity index (χ3v) is 5.50. The summed E-state index contributed by atoms with van der Waals surface area (Å²) in [5.41, 5.74) is 4.27. The molecule has 0 aliphatic carbocycles. The van der Waals surface area contributed by atoms with Crippen molar-refractivity contribution in [2.24, 2.45) is 7.05 Å². The van der Waals surface area contributed by atoms with Gasteiger partial charge in [0.2, 0.25) is 5.91 Å². The van der Waals surface area contributed by atoms with Crippen LogP contribution in [0, 0.1) is 0 Å². The van der Waals surface area contributed by atoms with E-state index in [2.05, 4.69) is 15.3 Å². The predicted octanol–water partition coefficient (Wildman–Crippen LogP) is 4.68. The smallest absolute Gasteiger partial charge is 0.231 e. The monoisotopic (exact) mass is 419 g/mol. The number of fused-ring (bicyclic) bond motifs is 2. The molecule has 1 aliphatic heterocycles. The van der Waals surface area contributed by atoms with E-state index < -0.39 is 0 Å². The third kappa shape index (κ3) is 3.04. The zero-order valence-corrected chi connectivity index (χ0v) is 17.1. The number of halogens is 1. The molecule has 0 fully saturated rings. The van der Waals surface area contributed by atoms with Crippen LogP contribution in [0.1, 0.15) is 5.56 Å². The second kappa shape index (κ2) is 7.03. The molecule has 0 atom stereocenters. The van der Waals surface area contributed by atoms with Crippen molar-refractivity contribution < 1.29 is 9.53 Å². The number of para-hydroxylation sites is 1. The predicted molar refractivity (Wildman–Crippen MR) is 117 cm³/mol. The molecule has 2 aromatic heterocycles. The second-order valence-corrected chi connectivity index (χ2v) is 7.56. The van der Waals surface area contributed by atoms with E-state index in [0.29, 0.717) is 28.8 Å². The normalized spacial score (nSPS) is 13.0. The van der Waals surface area contributed by atoms with Gasteiger partial charge >= 0.3 is 0 Å². The van der Waals surface area contributed by atoms with Crippen LogP contribution in [-0.4, -0.2) is 27.5 Å². The van der Waals surface area contributed by atoms with Crippen molar-refractivity contribution in [2.45, 2.75) is 6.42 Å². The van der Waals surface area contributed by atoms with Gasteiger partial charge in [-0.1, -0.05) is 23.7 Å². The topological polar surface area (TPSA) is 72.3 Å². The first-order chi connectivity index (χ1) is 14.5. The van der Waals surface area contributed by atoms with Gasteiger partial charge in [0, 0.05) is 26.0 Å². The van der Waals surface area contributed by atoms with Gasteiger partial charge in [0.05, 0.1) is 22.6 Å². The van der Waals surface area contributed by atoms with Gasteiger partial charge in [-0.25, -0.2) is 9.97 Å². The lowest BCUT2D eigenvalue weighted by Gasteiger charge is -2.17. The highest BCUT2D eigenvalue weighted by Gasteiger charge is 2.27. The summed E-state index contributed by atoms with van der Waals surface area (Å²) in [6.45, 7) is 0. The third-order valence-electron chi connectivity index (χ3n) is 5.21. The standard InChI is InChI=1S/C22H18ClN5O2/c1-27-9-8-16-21(27)22(25-12-24-16)26-14-6-7-17(15(23)11-14)30-18-5-3-4-13-10-19(29)28(2)20(13)18/h3-9,11-12H,10H2,1-2H3,(H,24,25,26). The van der Waals surface area contributed by atoms with Crippen molar-refractivity contribution in [3.8, 4) is 11.5 Å². The lowest BCUT2D eigenvalue weighted by atomic mass is 10.1. The summed E-state index contributed by atoms with van der Waals surface area (Å²) in [6.07, 6.45) is 3.85. The molecule has 0 saturated carbocycles. The molecule has 0 unspecified atom stereocenters. The van der Waals surface area contributed by atoms with Crippen LogP contribution in [0.4, 0.5) is 17.2 Å². The number of hydrogen-bond donors (Lipinski definition) is 1. The molecule has 4 aromatic rings. The number of carbonyl (C=O) groups excluding carboxylic acids is 1. The summed E-state index contributed by atoms with van der Waals surface area (Å²) in [6, 6.07) is 13.0.